The molecule has 0 bridgehead atoms. The van der Waals surface area contributed by atoms with Crippen molar-refractivity contribution in [3.63, 3.8) is 0 Å². The molecular formula is C11H14OS. The van der Waals surface area contributed by atoms with Crippen LogP contribution < -0.4 is 0 Å². The van der Waals surface area contributed by atoms with E-state index in [-0.39, 0.29) is 5.92 Å². The minimum atomic E-state index is 0.0612. The third-order valence-corrected chi connectivity index (χ3v) is 2.90. The van der Waals surface area contributed by atoms with E-state index >= 15 is 0 Å². The zero-order valence-electron chi connectivity index (χ0n) is 7.77. The Balaban J connectivity index is 2.61. The lowest BCUT2D eigenvalue weighted by molar-refractivity contribution is -0.108. The fourth-order valence-corrected chi connectivity index (χ4v) is 1.92. The van der Waals surface area contributed by atoms with Gasteiger partial charge in [0.15, 0.2) is 0 Å². The predicted molar refractivity (Wildman–Crippen MR) is 58.2 cm³/mol. The van der Waals surface area contributed by atoms with E-state index in [0.717, 1.165) is 23.4 Å². The Morgan fingerprint density at radius 2 is 2.08 bits per heavy atom. The molecular weight excluding hydrogens is 180 g/mol. The van der Waals surface area contributed by atoms with Crippen LogP contribution in [0.4, 0.5) is 0 Å². The van der Waals surface area contributed by atoms with E-state index in [9.17, 15) is 4.79 Å². The molecule has 1 atom stereocenters. The predicted octanol–water partition coefficient (Wildman–Crippen LogP) is 2.72. The molecule has 0 heterocycles. The van der Waals surface area contributed by atoms with Crippen LogP contribution in [-0.4, -0.2) is 17.8 Å². The van der Waals surface area contributed by atoms with Gasteiger partial charge in [-0.1, -0.05) is 37.3 Å². The van der Waals surface area contributed by atoms with Crippen molar-refractivity contribution < 1.29 is 4.79 Å². The quantitative estimate of drug-likeness (QED) is 0.670. The first-order chi connectivity index (χ1) is 6.38. The number of hydrogen-bond acceptors (Lipinski definition) is 2. The van der Waals surface area contributed by atoms with Crippen molar-refractivity contribution in [2.75, 3.05) is 11.5 Å². The molecule has 0 aliphatic heterocycles. The lowest BCUT2D eigenvalue weighted by Crippen LogP contribution is -2.03. The molecule has 0 aromatic heterocycles. The van der Waals surface area contributed by atoms with Gasteiger partial charge in [-0.25, -0.2) is 0 Å². The number of benzene rings is 1. The van der Waals surface area contributed by atoms with Crippen molar-refractivity contribution in [1.82, 2.24) is 0 Å². The van der Waals surface area contributed by atoms with Crippen molar-refractivity contribution in [3.8, 4) is 0 Å². The first-order valence-corrected chi connectivity index (χ1v) is 5.62. The molecule has 0 saturated carbocycles. The average molecular weight is 194 g/mol. The fraction of sp³-hybridized carbons (Fsp3) is 0.364. The molecule has 0 radical (unpaired) electrons. The van der Waals surface area contributed by atoms with Crippen LogP contribution in [0.2, 0.25) is 0 Å². The highest BCUT2D eigenvalue weighted by molar-refractivity contribution is 7.99. The van der Waals surface area contributed by atoms with Crippen LogP contribution in [0.5, 0.6) is 0 Å². The highest BCUT2D eigenvalue weighted by Crippen LogP contribution is 2.18. The van der Waals surface area contributed by atoms with Gasteiger partial charge in [0, 0.05) is 11.7 Å². The molecule has 0 aliphatic rings. The summed E-state index contributed by atoms with van der Waals surface area (Å²) in [6.07, 6.45) is 1.04. The molecule has 0 fully saturated rings. The SMILES string of the molecule is CCSCC(C=O)c1ccccc1. The Bertz CT molecular complexity index is 246. The molecule has 2 heteroatoms. The average Bonchev–Trinajstić information content (AvgIpc) is 2.21. The van der Waals surface area contributed by atoms with E-state index in [0.29, 0.717) is 0 Å². The third kappa shape index (κ3) is 3.23. The van der Waals surface area contributed by atoms with Crippen molar-refractivity contribution in [1.29, 1.82) is 0 Å². The molecule has 0 spiro atoms. The molecule has 0 amide bonds. The van der Waals surface area contributed by atoms with Crippen LogP contribution >= 0.6 is 11.8 Å². The summed E-state index contributed by atoms with van der Waals surface area (Å²) < 4.78 is 0. The lowest BCUT2D eigenvalue weighted by atomic mass is 10.0. The standard InChI is InChI=1S/C11H14OS/c1-2-13-9-11(8-12)10-6-4-3-5-7-10/h3-8,11H,2,9H2,1H3. The summed E-state index contributed by atoms with van der Waals surface area (Å²) in [5, 5.41) is 0. The largest absolute Gasteiger partial charge is 0.303 e. The van der Waals surface area contributed by atoms with Gasteiger partial charge in [0.05, 0.1) is 0 Å². The first-order valence-electron chi connectivity index (χ1n) is 4.46. The Labute approximate surface area is 83.5 Å². The highest BCUT2D eigenvalue weighted by Gasteiger charge is 2.08. The summed E-state index contributed by atoms with van der Waals surface area (Å²) in [6.45, 7) is 2.11. The molecule has 1 aromatic carbocycles. The Morgan fingerprint density at radius 1 is 1.38 bits per heavy atom. The van der Waals surface area contributed by atoms with Gasteiger partial charge >= 0.3 is 0 Å². The second kappa shape index (κ2) is 5.81. The molecule has 13 heavy (non-hydrogen) atoms. The molecule has 0 aliphatic carbocycles. The summed E-state index contributed by atoms with van der Waals surface area (Å²) in [7, 11) is 0. The number of rotatable bonds is 5. The van der Waals surface area contributed by atoms with Crippen molar-refractivity contribution in [2.45, 2.75) is 12.8 Å². The maximum Gasteiger partial charge on any atom is 0.128 e. The number of carbonyl (C=O) groups excluding carboxylic acids is 1. The van der Waals surface area contributed by atoms with Crippen LogP contribution in [0, 0.1) is 0 Å². The first kappa shape index (κ1) is 10.3. The minimum absolute atomic E-state index is 0.0612. The van der Waals surface area contributed by atoms with Crippen LogP contribution in [0.3, 0.4) is 0 Å². The Kier molecular flexibility index (Phi) is 4.61. The van der Waals surface area contributed by atoms with Gasteiger partial charge in [-0.15, -0.1) is 0 Å². The van der Waals surface area contributed by atoms with Crippen LogP contribution in [0.1, 0.15) is 18.4 Å². The minimum Gasteiger partial charge on any atom is -0.303 e. The number of carbonyl (C=O) groups is 1. The summed E-state index contributed by atoms with van der Waals surface area (Å²) >= 11 is 1.80. The topological polar surface area (TPSA) is 17.1 Å². The van der Waals surface area contributed by atoms with E-state index in [1.54, 1.807) is 11.8 Å². The molecule has 0 saturated heterocycles. The summed E-state index contributed by atoms with van der Waals surface area (Å²) in [4.78, 5) is 10.8. The van der Waals surface area contributed by atoms with E-state index in [4.69, 9.17) is 0 Å². The lowest BCUT2D eigenvalue weighted by Gasteiger charge is -2.08. The zero-order valence-corrected chi connectivity index (χ0v) is 8.59. The molecule has 1 aromatic rings. The van der Waals surface area contributed by atoms with Crippen molar-refractivity contribution in [3.05, 3.63) is 35.9 Å². The third-order valence-electron chi connectivity index (χ3n) is 1.89. The molecule has 0 N–H and O–H groups in total. The maximum absolute atomic E-state index is 10.8. The number of hydrogen-bond donors (Lipinski definition) is 0. The van der Waals surface area contributed by atoms with Crippen LogP contribution in [-0.2, 0) is 4.79 Å². The fourth-order valence-electron chi connectivity index (χ4n) is 1.16. The Hall–Kier alpha value is -0.760. The molecule has 1 rings (SSSR count). The number of thioether (sulfide) groups is 1. The summed E-state index contributed by atoms with van der Waals surface area (Å²) in [5.41, 5.74) is 1.12. The molecule has 1 unspecified atom stereocenters. The molecule has 1 nitrogen and oxygen atoms in total. The van der Waals surface area contributed by atoms with Crippen molar-refractivity contribution in [2.24, 2.45) is 0 Å². The summed E-state index contributed by atoms with van der Waals surface area (Å²) in [5.74, 6) is 2.02. The zero-order chi connectivity index (χ0) is 9.52. The van der Waals surface area contributed by atoms with Crippen LogP contribution in [0.15, 0.2) is 30.3 Å². The van der Waals surface area contributed by atoms with E-state index in [1.165, 1.54) is 0 Å². The Morgan fingerprint density at radius 3 is 2.62 bits per heavy atom. The van der Waals surface area contributed by atoms with Gasteiger partial charge in [-0.2, -0.15) is 11.8 Å². The van der Waals surface area contributed by atoms with Gasteiger partial charge in [0.25, 0.3) is 0 Å². The molecule has 70 valence electrons. The second-order valence-corrected chi connectivity index (χ2v) is 4.13. The highest BCUT2D eigenvalue weighted by atomic mass is 32.2. The van der Waals surface area contributed by atoms with Gasteiger partial charge in [0.1, 0.15) is 6.29 Å². The van der Waals surface area contributed by atoms with Gasteiger partial charge in [0.2, 0.25) is 0 Å². The second-order valence-electron chi connectivity index (χ2n) is 2.81. The summed E-state index contributed by atoms with van der Waals surface area (Å²) in [6, 6.07) is 9.94. The van der Waals surface area contributed by atoms with Crippen molar-refractivity contribution >= 4 is 18.0 Å². The monoisotopic (exact) mass is 194 g/mol. The van der Waals surface area contributed by atoms with E-state index in [2.05, 4.69) is 6.92 Å². The van der Waals surface area contributed by atoms with E-state index in [1.807, 2.05) is 30.3 Å². The smallest absolute Gasteiger partial charge is 0.128 e. The van der Waals surface area contributed by atoms with Gasteiger partial charge in [-0.3, -0.25) is 0 Å². The van der Waals surface area contributed by atoms with E-state index < -0.39 is 0 Å². The van der Waals surface area contributed by atoms with Gasteiger partial charge in [-0.05, 0) is 11.3 Å². The van der Waals surface area contributed by atoms with Crippen LogP contribution in [0.25, 0.3) is 0 Å². The maximum atomic E-state index is 10.8. The number of aldehydes is 1. The van der Waals surface area contributed by atoms with Gasteiger partial charge < -0.3 is 4.79 Å². The normalized spacial score (nSPS) is 12.4.